The second kappa shape index (κ2) is 10.9. The Morgan fingerprint density at radius 2 is 1.88 bits per heavy atom. The van der Waals surface area contributed by atoms with E-state index >= 15 is 0 Å². The van der Waals surface area contributed by atoms with Crippen molar-refractivity contribution < 1.29 is 19.1 Å². The van der Waals surface area contributed by atoms with Crippen LogP contribution >= 0.6 is 11.3 Å². The second-order valence-corrected chi connectivity index (χ2v) is 8.65. The molecule has 2 aromatic carbocycles. The van der Waals surface area contributed by atoms with Crippen LogP contribution in [-0.2, 0) is 4.79 Å². The molecule has 3 rings (SSSR count). The van der Waals surface area contributed by atoms with Crippen LogP contribution in [0.3, 0.4) is 0 Å². The lowest BCUT2D eigenvalue weighted by atomic mass is 9.98. The molecule has 0 aliphatic heterocycles. The van der Waals surface area contributed by atoms with Gasteiger partial charge in [-0.2, -0.15) is 0 Å². The average molecular weight is 469 g/mol. The fourth-order valence-electron chi connectivity index (χ4n) is 3.26. The molecule has 0 fully saturated rings. The Morgan fingerprint density at radius 3 is 2.55 bits per heavy atom. The SMILES string of the molecule is CCC(C)C(NC(=O)c1ccc(OC)cc1OC)C(=O)Nc1nnc(-c2cccc(C)c2)s1. The number of hydrogen-bond acceptors (Lipinski definition) is 7. The first kappa shape index (κ1) is 24.2. The number of nitrogens with zero attached hydrogens (tertiary/aromatic N) is 2. The number of hydrogen-bond donors (Lipinski definition) is 2. The van der Waals surface area contributed by atoms with E-state index < -0.39 is 11.9 Å². The normalized spacial score (nSPS) is 12.5. The van der Waals surface area contributed by atoms with Crippen molar-refractivity contribution in [3.63, 3.8) is 0 Å². The fourth-order valence-corrected chi connectivity index (χ4v) is 4.00. The summed E-state index contributed by atoms with van der Waals surface area (Å²) in [6.45, 7) is 5.88. The average Bonchev–Trinajstić information content (AvgIpc) is 3.29. The van der Waals surface area contributed by atoms with Gasteiger partial charge in [0, 0.05) is 11.6 Å². The number of carbonyl (C=O) groups excluding carboxylic acids is 2. The van der Waals surface area contributed by atoms with Crippen LogP contribution in [0.4, 0.5) is 5.13 Å². The molecular weight excluding hydrogens is 440 g/mol. The molecule has 0 bridgehead atoms. The topological polar surface area (TPSA) is 102 Å². The fraction of sp³-hybridized carbons (Fsp3) is 0.333. The van der Waals surface area contributed by atoms with E-state index in [4.69, 9.17) is 9.47 Å². The zero-order valence-electron chi connectivity index (χ0n) is 19.3. The van der Waals surface area contributed by atoms with Crippen molar-refractivity contribution in [3.8, 4) is 22.1 Å². The molecule has 8 nitrogen and oxygen atoms in total. The van der Waals surface area contributed by atoms with Crippen molar-refractivity contribution in [2.45, 2.75) is 33.2 Å². The van der Waals surface area contributed by atoms with Gasteiger partial charge in [0.05, 0.1) is 19.8 Å². The predicted octanol–water partition coefficient (Wildman–Crippen LogP) is 4.31. The molecule has 0 spiro atoms. The van der Waals surface area contributed by atoms with Gasteiger partial charge in [-0.1, -0.05) is 55.4 Å². The lowest BCUT2D eigenvalue weighted by Gasteiger charge is -2.23. The van der Waals surface area contributed by atoms with Gasteiger partial charge in [-0.25, -0.2) is 0 Å². The van der Waals surface area contributed by atoms with Gasteiger partial charge in [0.1, 0.15) is 22.5 Å². The molecule has 3 aromatic rings. The maximum Gasteiger partial charge on any atom is 0.255 e. The Labute approximate surface area is 197 Å². The first-order valence-corrected chi connectivity index (χ1v) is 11.4. The van der Waals surface area contributed by atoms with Gasteiger partial charge in [-0.05, 0) is 31.0 Å². The minimum Gasteiger partial charge on any atom is -0.497 e. The van der Waals surface area contributed by atoms with E-state index in [0.29, 0.717) is 33.6 Å². The number of anilines is 1. The van der Waals surface area contributed by atoms with E-state index in [1.807, 2.05) is 45.0 Å². The molecule has 174 valence electrons. The number of aryl methyl sites for hydroxylation is 1. The number of carbonyl (C=O) groups is 2. The largest absolute Gasteiger partial charge is 0.497 e. The molecule has 0 radical (unpaired) electrons. The Balaban J connectivity index is 1.77. The van der Waals surface area contributed by atoms with Crippen molar-refractivity contribution >= 4 is 28.3 Å². The molecule has 1 aromatic heterocycles. The molecule has 2 atom stereocenters. The van der Waals surface area contributed by atoms with Crippen molar-refractivity contribution in [1.82, 2.24) is 15.5 Å². The van der Waals surface area contributed by atoms with Crippen LogP contribution in [-0.4, -0.2) is 42.3 Å². The van der Waals surface area contributed by atoms with Crippen LogP contribution in [0.25, 0.3) is 10.6 Å². The molecule has 2 N–H and O–H groups in total. The smallest absolute Gasteiger partial charge is 0.255 e. The molecular formula is C24H28N4O4S. The Bertz CT molecular complexity index is 1130. The Morgan fingerprint density at radius 1 is 1.09 bits per heavy atom. The number of rotatable bonds is 9. The van der Waals surface area contributed by atoms with E-state index in [0.717, 1.165) is 11.1 Å². The third-order valence-electron chi connectivity index (χ3n) is 5.36. The van der Waals surface area contributed by atoms with Crippen molar-refractivity contribution in [1.29, 1.82) is 0 Å². The van der Waals surface area contributed by atoms with E-state index in [1.54, 1.807) is 18.2 Å². The third kappa shape index (κ3) is 5.87. The quantitative estimate of drug-likeness (QED) is 0.485. The summed E-state index contributed by atoms with van der Waals surface area (Å²) in [5, 5.41) is 15.0. The summed E-state index contributed by atoms with van der Waals surface area (Å²) in [6.07, 6.45) is 0.697. The van der Waals surface area contributed by atoms with Gasteiger partial charge in [-0.3, -0.25) is 14.9 Å². The van der Waals surface area contributed by atoms with Crippen LogP contribution in [0, 0.1) is 12.8 Å². The van der Waals surface area contributed by atoms with Gasteiger partial charge in [0.15, 0.2) is 0 Å². The summed E-state index contributed by atoms with van der Waals surface area (Å²) in [5.41, 5.74) is 2.37. The monoisotopic (exact) mass is 468 g/mol. The highest BCUT2D eigenvalue weighted by molar-refractivity contribution is 7.18. The summed E-state index contributed by atoms with van der Waals surface area (Å²) in [6, 6.07) is 12.1. The Kier molecular flexibility index (Phi) is 8.00. The number of aromatic nitrogens is 2. The zero-order valence-corrected chi connectivity index (χ0v) is 20.2. The number of amides is 2. The maximum absolute atomic E-state index is 13.1. The third-order valence-corrected chi connectivity index (χ3v) is 6.24. The van der Waals surface area contributed by atoms with E-state index in [2.05, 4.69) is 20.8 Å². The first-order chi connectivity index (χ1) is 15.9. The highest BCUT2D eigenvalue weighted by Gasteiger charge is 2.28. The number of methoxy groups -OCH3 is 2. The minimum absolute atomic E-state index is 0.109. The van der Waals surface area contributed by atoms with Crippen LogP contribution in [0.2, 0.25) is 0 Å². The summed E-state index contributed by atoms with van der Waals surface area (Å²) in [5.74, 6) is 0.0644. The van der Waals surface area contributed by atoms with Gasteiger partial charge in [-0.15, -0.1) is 10.2 Å². The predicted molar refractivity (Wildman–Crippen MR) is 129 cm³/mol. The van der Waals surface area contributed by atoms with Gasteiger partial charge >= 0.3 is 0 Å². The lowest BCUT2D eigenvalue weighted by Crippen LogP contribution is -2.47. The van der Waals surface area contributed by atoms with Crippen LogP contribution < -0.4 is 20.1 Å². The summed E-state index contributed by atoms with van der Waals surface area (Å²) in [4.78, 5) is 26.1. The van der Waals surface area contributed by atoms with E-state index in [-0.39, 0.29) is 11.8 Å². The summed E-state index contributed by atoms with van der Waals surface area (Å²) >= 11 is 1.28. The number of nitrogens with one attached hydrogen (secondary N) is 2. The molecule has 1 heterocycles. The van der Waals surface area contributed by atoms with Crippen LogP contribution in [0.5, 0.6) is 11.5 Å². The van der Waals surface area contributed by atoms with Crippen molar-refractivity contribution in [2.75, 3.05) is 19.5 Å². The molecule has 0 aliphatic carbocycles. The van der Waals surface area contributed by atoms with Gasteiger partial charge in [0.25, 0.3) is 5.91 Å². The molecule has 9 heteroatoms. The molecule has 0 aliphatic rings. The van der Waals surface area contributed by atoms with Crippen LogP contribution in [0.15, 0.2) is 42.5 Å². The minimum atomic E-state index is -0.763. The standard InChI is InChI=1S/C24H28N4O4S/c1-6-15(3)20(25-21(29)18-11-10-17(31-4)13-19(18)32-5)22(30)26-24-28-27-23(33-24)16-9-7-8-14(2)12-16/h7-13,15,20H,6H2,1-5H3,(H,25,29)(H,26,28,30). The molecule has 33 heavy (non-hydrogen) atoms. The first-order valence-electron chi connectivity index (χ1n) is 10.6. The van der Waals surface area contributed by atoms with E-state index in [9.17, 15) is 9.59 Å². The number of ether oxygens (including phenoxy) is 2. The second-order valence-electron chi connectivity index (χ2n) is 7.67. The van der Waals surface area contributed by atoms with Crippen molar-refractivity contribution in [3.05, 3.63) is 53.6 Å². The highest BCUT2D eigenvalue weighted by atomic mass is 32.1. The summed E-state index contributed by atoms with van der Waals surface area (Å²) in [7, 11) is 3.02. The Hall–Kier alpha value is -3.46. The van der Waals surface area contributed by atoms with E-state index in [1.165, 1.54) is 25.6 Å². The molecule has 0 saturated heterocycles. The van der Waals surface area contributed by atoms with Gasteiger partial charge in [0.2, 0.25) is 11.0 Å². The van der Waals surface area contributed by atoms with Gasteiger partial charge < -0.3 is 14.8 Å². The van der Waals surface area contributed by atoms with Crippen LogP contribution in [0.1, 0.15) is 36.2 Å². The maximum atomic E-state index is 13.1. The lowest BCUT2D eigenvalue weighted by molar-refractivity contribution is -0.119. The molecule has 2 unspecified atom stereocenters. The number of benzene rings is 2. The van der Waals surface area contributed by atoms with Crippen molar-refractivity contribution in [2.24, 2.45) is 5.92 Å². The molecule has 0 saturated carbocycles. The molecule has 2 amide bonds. The summed E-state index contributed by atoms with van der Waals surface area (Å²) < 4.78 is 10.5. The zero-order chi connectivity index (χ0) is 24.0. The highest BCUT2D eigenvalue weighted by Crippen LogP contribution is 2.28.